The zero-order valence-electron chi connectivity index (χ0n) is 11.4. The SMILES string of the molecule is CCN1CCN(C(=O)NC(=O)c2ccc(Cl)cc2)CC1. The largest absolute Gasteiger partial charge is 0.324 e. The van der Waals surface area contributed by atoms with Crippen LogP contribution in [0.15, 0.2) is 24.3 Å². The molecule has 3 amide bonds. The first kappa shape index (κ1) is 14.8. The van der Waals surface area contributed by atoms with Crippen LogP contribution >= 0.6 is 11.6 Å². The van der Waals surface area contributed by atoms with Crippen molar-refractivity contribution < 1.29 is 9.59 Å². The van der Waals surface area contributed by atoms with Crippen LogP contribution in [0.25, 0.3) is 0 Å². The number of hydrogen-bond donors (Lipinski definition) is 1. The number of carbonyl (C=O) groups is 2. The summed E-state index contributed by atoms with van der Waals surface area (Å²) < 4.78 is 0. The number of nitrogens with zero attached hydrogens (tertiary/aromatic N) is 2. The number of imide groups is 1. The minimum Gasteiger partial charge on any atom is -0.322 e. The van der Waals surface area contributed by atoms with Gasteiger partial charge in [0.25, 0.3) is 5.91 Å². The molecule has 0 radical (unpaired) electrons. The van der Waals surface area contributed by atoms with Crippen LogP contribution in [0.2, 0.25) is 5.02 Å². The van der Waals surface area contributed by atoms with Gasteiger partial charge in [0.1, 0.15) is 0 Å². The third-order valence-corrected chi connectivity index (χ3v) is 3.69. The monoisotopic (exact) mass is 295 g/mol. The number of rotatable bonds is 2. The topological polar surface area (TPSA) is 52.6 Å². The predicted octanol–water partition coefficient (Wildman–Crippen LogP) is 1.83. The highest BCUT2D eigenvalue weighted by Gasteiger charge is 2.21. The molecule has 1 aromatic carbocycles. The quantitative estimate of drug-likeness (QED) is 0.905. The van der Waals surface area contributed by atoms with E-state index < -0.39 is 5.91 Å². The molecule has 6 heteroatoms. The van der Waals surface area contributed by atoms with E-state index in [0.29, 0.717) is 23.7 Å². The third-order valence-electron chi connectivity index (χ3n) is 3.43. The lowest BCUT2D eigenvalue weighted by Crippen LogP contribution is -2.52. The van der Waals surface area contributed by atoms with Crippen molar-refractivity contribution in [3.63, 3.8) is 0 Å². The molecule has 5 nitrogen and oxygen atoms in total. The van der Waals surface area contributed by atoms with Crippen LogP contribution in [0, 0.1) is 0 Å². The van der Waals surface area contributed by atoms with E-state index >= 15 is 0 Å². The number of nitrogens with one attached hydrogen (secondary N) is 1. The van der Waals surface area contributed by atoms with Gasteiger partial charge in [0.15, 0.2) is 0 Å². The Morgan fingerprint density at radius 2 is 1.75 bits per heavy atom. The molecule has 0 spiro atoms. The Morgan fingerprint density at radius 1 is 1.15 bits per heavy atom. The van der Waals surface area contributed by atoms with Crippen molar-refractivity contribution in [2.45, 2.75) is 6.92 Å². The Kier molecular flexibility index (Phi) is 4.98. The second kappa shape index (κ2) is 6.72. The van der Waals surface area contributed by atoms with Crippen molar-refractivity contribution in [2.24, 2.45) is 0 Å². The van der Waals surface area contributed by atoms with Gasteiger partial charge in [0.05, 0.1) is 0 Å². The second-order valence-electron chi connectivity index (χ2n) is 4.69. The van der Waals surface area contributed by atoms with Crippen LogP contribution in [0.1, 0.15) is 17.3 Å². The summed E-state index contributed by atoms with van der Waals surface area (Å²) in [5, 5.41) is 2.96. The van der Waals surface area contributed by atoms with E-state index in [9.17, 15) is 9.59 Å². The molecule has 1 aliphatic heterocycles. The molecular formula is C14H18ClN3O2. The van der Waals surface area contributed by atoms with E-state index in [-0.39, 0.29) is 6.03 Å². The minimum absolute atomic E-state index is 0.333. The first-order valence-electron chi connectivity index (χ1n) is 6.68. The number of halogens is 1. The highest BCUT2D eigenvalue weighted by molar-refractivity contribution is 6.30. The van der Waals surface area contributed by atoms with Gasteiger partial charge < -0.3 is 9.80 Å². The fraction of sp³-hybridized carbons (Fsp3) is 0.429. The Balaban J connectivity index is 1.88. The zero-order valence-corrected chi connectivity index (χ0v) is 12.2. The summed E-state index contributed by atoms with van der Waals surface area (Å²) in [6, 6.07) is 6.11. The summed E-state index contributed by atoms with van der Waals surface area (Å²) in [5.41, 5.74) is 0.426. The van der Waals surface area contributed by atoms with Gasteiger partial charge in [-0.1, -0.05) is 18.5 Å². The molecule has 1 aromatic rings. The van der Waals surface area contributed by atoms with Crippen LogP contribution < -0.4 is 5.32 Å². The number of urea groups is 1. The van der Waals surface area contributed by atoms with E-state index in [1.807, 2.05) is 0 Å². The van der Waals surface area contributed by atoms with Crippen molar-refractivity contribution in [1.82, 2.24) is 15.1 Å². The van der Waals surface area contributed by atoms with E-state index in [0.717, 1.165) is 19.6 Å². The van der Waals surface area contributed by atoms with Gasteiger partial charge in [0, 0.05) is 36.8 Å². The molecular weight excluding hydrogens is 278 g/mol. The molecule has 0 bridgehead atoms. The Bertz CT molecular complexity index is 482. The molecule has 1 aliphatic rings. The molecule has 0 atom stereocenters. The lowest BCUT2D eigenvalue weighted by Gasteiger charge is -2.33. The van der Waals surface area contributed by atoms with Gasteiger partial charge in [-0.05, 0) is 30.8 Å². The average molecular weight is 296 g/mol. The van der Waals surface area contributed by atoms with Gasteiger partial charge in [0.2, 0.25) is 0 Å². The Hall–Kier alpha value is -1.59. The summed E-state index contributed by atoms with van der Waals surface area (Å²) in [5.74, 6) is -0.399. The van der Waals surface area contributed by atoms with Gasteiger partial charge in [-0.2, -0.15) is 0 Å². The van der Waals surface area contributed by atoms with Crippen LogP contribution in [0.4, 0.5) is 4.79 Å². The van der Waals surface area contributed by atoms with Crippen LogP contribution in [0.5, 0.6) is 0 Å². The molecule has 0 aliphatic carbocycles. The summed E-state index contributed by atoms with van der Waals surface area (Å²) in [4.78, 5) is 27.8. The number of piperazine rings is 1. The summed E-state index contributed by atoms with van der Waals surface area (Å²) in [7, 11) is 0. The molecule has 1 N–H and O–H groups in total. The summed E-state index contributed by atoms with van der Waals surface area (Å²) in [6.45, 7) is 6.07. The lowest BCUT2D eigenvalue weighted by molar-refractivity contribution is 0.0936. The molecule has 1 saturated heterocycles. The molecule has 0 aromatic heterocycles. The summed E-state index contributed by atoms with van der Waals surface area (Å²) >= 11 is 5.76. The smallest absolute Gasteiger partial charge is 0.322 e. The van der Waals surface area contributed by atoms with Crippen LogP contribution in [-0.2, 0) is 0 Å². The maximum Gasteiger partial charge on any atom is 0.324 e. The van der Waals surface area contributed by atoms with Crippen LogP contribution in [-0.4, -0.2) is 54.5 Å². The van der Waals surface area contributed by atoms with Crippen molar-refractivity contribution >= 4 is 23.5 Å². The van der Waals surface area contributed by atoms with Gasteiger partial charge in [-0.25, -0.2) is 4.79 Å². The summed E-state index contributed by atoms with van der Waals surface area (Å²) in [6.07, 6.45) is 0. The normalized spacial score (nSPS) is 16.0. The number of benzene rings is 1. The Labute approximate surface area is 123 Å². The van der Waals surface area contributed by atoms with Crippen molar-refractivity contribution in [2.75, 3.05) is 32.7 Å². The first-order valence-corrected chi connectivity index (χ1v) is 7.06. The number of likely N-dealkylation sites (N-methyl/N-ethyl adjacent to an activating group) is 1. The number of hydrogen-bond acceptors (Lipinski definition) is 3. The maximum atomic E-state index is 12.0. The van der Waals surface area contributed by atoms with E-state index in [4.69, 9.17) is 11.6 Å². The third kappa shape index (κ3) is 3.71. The highest BCUT2D eigenvalue weighted by Crippen LogP contribution is 2.09. The predicted molar refractivity (Wildman–Crippen MR) is 78.0 cm³/mol. The van der Waals surface area contributed by atoms with Crippen LogP contribution in [0.3, 0.4) is 0 Å². The zero-order chi connectivity index (χ0) is 14.5. The lowest BCUT2D eigenvalue weighted by atomic mass is 10.2. The first-order chi connectivity index (χ1) is 9.60. The number of carbonyl (C=O) groups excluding carboxylic acids is 2. The standard InChI is InChI=1S/C14H18ClN3O2/c1-2-17-7-9-18(10-8-17)14(20)16-13(19)11-3-5-12(15)6-4-11/h3-6H,2,7-10H2,1H3,(H,16,19,20). The fourth-order valence-corrected chi connectivity index (χ4v) is 2.24. The second-order valence-corrected chi connectivity index (χ2v) is 5.12. The maximum absolute atomic E-state index is 12.0. The number of amides is 3. The molecule has 2 rings (SSSR count). The molecule has 0 saturated carbocycles. The minimum atomic E-state index is -0.399. The molecule has 0 unspecified atom stereocenters. The van der Waals surface area contributed by atoms with Gasteiger partial charge in [-0.15, -0.1) is 0 Å². The molecule has 20 heavy (non-hydrogen) atoms. The van der Waals surface area contributed by atoms with Crippen molar-refractivity contribution in [3.05, 3.63) is 34.9 Å². The van der Waals surface area contributed by atoms with E-state index in [2.05, 4.69) is 17.1 Å². The van der Waals surface area contributed by atoms with E-state index in [1.54, 1.807) is 29.2 Å². The molecule has 1 fully saturated rings. The van der Waals surface area contributed by atoms with Gasteiger partial charge in [-0.3, -0.25) is 10.1 Å². The van der Waals surface area contributed by atoms with Gasteiger partial charge >= 0.3 is 6.03 Å². The average Bonchev–Trinajstić information content (AvgIpc) is 2.48. The molecule has 108 valence electrons. The Morgan fingerprint density at radius 3 is 2.30 bits per heavy atom. The highest BCUT2D eigenvalue weighted by atomic mass is 35.5. The fourth-order valence-electron chi connectivity index (χ4n) is 2.12. The van der Waals surface area contributed by atoms with Crippen molar-refractivity contribution in [3.8, 4) is 0 Å². The molecule has 1 heterocycles. The van der Waals surface area contributed by atoms with Crippen molar-refractivity contribution in [1.29, 1.82) is 0 Å². The van der Waals surface area contributed by atoms with E-state index in [1.165, 1.54) is 0 Å².